The molecule has 0 amide bonds. The van der Waals surface area contributed by atoms with E-state index in [1.165, 1.54) is 11.8 Å². The molecule has 0 unspecified atom stereocenters. The molecule has 0 aliphatic carbocycles. The van der Waals surface area contributed by atoms with Gasteiger partial charge in [0, 0.05) is 49.7 Å². The molecule has 0 radical (unpaired) electrons. The van der Waals surface area contributed by atoms with Gasteiger partial charge in [-0.3, -0.25) is 4.90 Å². The molecule has 2 heterocycles. The molecule has 7 heteroatoms. The Morgan fingerprint density at radius 2 is 1.85 bits per heavy atom. The highest BCUT2D eigenvalue weighted by molar-refractivity contribution is 5.99. The van der Waals surface area contributed by atoms with Crippen LogP contribution in [0.1, 0.15) is 29.7 Å². The summed E-state index contributed by atoms with van der Waals surface area (Å²) in [7, 11) is 4.01. The van der Waals surface area contributed by atoms with Gasteiger partial charge < -0.3 is 15.6 Å². The number of aromatic nitrogens is 2. The molecule has 1 aromatic heterocycles. The van der Waals surface area contributed by atoms with Crippen LogP contribution in [0.5, 0.6) is 0 Å². The van der Waals surface area contributed by atoms with Gasteiger partial charge in [-0.15, -0.1) is 10.2 Å². The van der Waals surface area contributed by atoms with Crippen molar-refractivity contribution in [2.45, 2.75) is 25.4 Å². The van der Waals surface area contributed by atoms with E-state index in [2.05, 4.69) is 50.6 Å². The van der Waals surface area contributed by atoms with Crippen LogP contribution in [-0.2, 0) is 6.54 Å². The minimum atomic E-state index is 0.502. The summed E-state index contributed by atoms with van der Waals surface area (Å²) in [4.78, 5) is 4.75. The van der Waals surface area contributed by atoms with E-state index in [4.69, 9.17) is 10.7 Å². The molecule has 0 saturated carbocycles. The molecule has 168 valence electrons. The predicted molar refractivity (Wildman–Crippen MR) is 133 cm³/mol. The number of anilines is 1. The molecular formula is C26H29N7. The first-order valence-corrected chi connectivity index (χ1v) is 11.2. The minimum absolute atomic E-state index is 0.502. The fourth-order valence-corrected chi connectivity index (χ4v) is 4.51. The average molecular weight is 440 g/mol. The fraction of sp³-hybridized carbons (Fsp3) is 0.308. The van der Waals surface area contributed by atoms with Crippen LogP contribution in [0.2, 0.25) is 0 Å². The van der Waals surface area contributed by atoms with Crippen molar-refractivity contribution in [1.82, 2.24) is 20.4 Å². The van der Waals surface area contributed by atoms with Gasteiger partial charge in [-0.2, -0.15) is 5.26 Å². The molecule has 0 spiro atoms. The second-order valence-corrected chi connectivity index (χ2v) is 8.36. The standard InChI is InChI=1S/C26H29N7/c1-29-24(11-14-27)25-22-5-3-4-6-23(22)26(31-30-25)33-15-12-21(13-16-33)32(2)18-20-9-7-19(17-28)8-10-20/h3-11,14,21,27,29H,12-13,15-16,18H2,1-2H3/b24-11-,27-14?. The van der Waals surface area contributed by atoms with E-state index in [9.17, 15) is 0 Å². The molecule has 1 saturated heterocycles. The van der Waals surface area contributed by atoms with Crippen LogP contribution >= 0.6 is 0 Å². The van der Waals surface area contributed by atoms with Crippen molar-refractivity contribution in [3.8, 4) is 6.07 Å². The summed E-state index contributed by atoms with van der Waals surface area (Å²) < 4.78 is 0. The number of nitrogens with one attached hydrogen (secondary N) is 2. The van der Waals surface area contributed by atoms with Gasteiger partial charge >= 0.3 is 0 Å². The van der Waals surface area contributed by atoms with Crippen molar-refractivity contribution in [1.29, 1.82) is 10.7 Å². The van der Waals surface area contributed by atoms with Gasteiger partial charge in [0.25, 0.3) is 0 Å². The highest BCUT2D eigenvalue weighted by Gasteiger charge is 2.25. The Morgan fingerprint density at radius 1 is 1.15 bits per heavy atom. The summed E-state index contributed by atoms with van der Waals surface area (Å²) in [5, 5.41) is 30.8. The number of nitriles is 1. The van der Waals surface area contributed by atoms with Gasteiger partial charge in [-0.05, 0) is 43.7 Å². The lowest BCUT2D eigenvalue weighted by molar-refractivity contribution is 0.200. The van der Waals surface area contributed by atoms with Crippen LogP contribution < -0.4 is 10.2 Å². The Bertz CT molecular complexity index is 1190. The van der Waals surface area contributed by atoms with Crippen LogP contribution in [-0.4, -0.2) is 54.5 Å². The average Bonchev–Trinajstić information content (AvgIpc) is 2.87. The van der Waals surface area contributed by atoms with E-state index in [1.54, 1.807) is 6.08 Å². The van der Waals surface area contributed by atoms with Gasteiger partial charge in [0.1, 0.15) is 5.69 Å². The van der Waals surface area contributed by atoms with Crippen LogP contribution in [0, 0.1) is 16.7 Å². The van der Waals surface area contributed by atoms with E-state index < -0.39 is 0 Å². The lowest BCUT2D eigenvalue weighted by Gasteiger charge is -2.37. The van der Waals surface area contributed by atoms with Gasteiger partial charge in [-0.1, -0.05) is 36.4 Å². The van der Waals surface area contributed by atoms with E-state index in [-0.39, 0.29) is 0 Å². The molecule has 2 aromatic carbocycles. The second-order valence-electron chi connectivity index (χ2n) is 8.36. The number of rotatable bonds is 7. The number of fused-ring (bicyclic) bond motifs is 1. The normalized spacial score (nSPS) is 15.0. The molecule has 1 aliphatic heterocycles. The maximum absolute atomic E-state index is 8.99. The van der Waals surface area contributed by atoms with Gasteiger partial charge in [0.15, 0.2) is 5.82 Å². The Kier molecular flexibility index (Phi) is 6.96. The Balaban J connectivity index is 1.48. The van der Waals surface area contributed by atoms with Crippen LogP contribution in [0.3, 0.4) is 0 Å². The van der Waals surface area contributed by atoms with Crippen molar-refractivity contribution >= 4 is 28.5 Å². The number of nitrogens with zero attached hydrogens (tertiary/aromatic N) is 5. The smallest absolute Gasteiger partial charge is 0.159 e. The fourth-order valence-electron chi connectivity index (χ4n) is 4.51. The predicted octanol–water partition coefficient (Wildman–Crippen LogP) is 3.81. The molecule has 7 nitrogen and oxygen atoms in total. The minimum Gasteiger partial charge on any atom is -0.386 e. The number of benzene rings is 2. The summed E-state index contributed by atoms with van der Waals surface area (Å²) in [6.07, 6.45) is 5.07. The van der Waals surface area contributed by atoms with Crippen LogP contribution in [0.15, 0.2) is 54.6 Å². The zero-order valence-corrected chi connectivity index (χ0v) is 19.1. The quantitative estimate of drug-likeness (QED) is 0.544. The van der Waals surface area contributed by atoms with Crippen molar-refractivity contribution in [2.24, 2.45) is 0 Å². The maximum atomic E-state index is 8.99. The molecular weight excluding hydrogens is 410 g/mol. The number of piperidine rings is 1. The molecule has 3 aromatic rings. The number of hydrogen-bond acceptors (Lipinski definition) is 7. The number of hydrogen-bond donors (Lipinski definition) is 2. The Morgan fingerprint density at radius 3 is 2.48 bits per heavy atom. The van der Waals surface area contributed by atoms with Gasteiger partial charge in [0.2, 0.25) is 0 Å². The number of allylic oxidation sites excluding steroid dienone is 1. The third kappa shape index (κ3) is 4.86. The Hall–Kier alpha value is -3.76. The van der Waals surface area contributed by atoms with Crippen LogP contribution in [0.4, 0.5) is 5.82 Å². The van der Waals surface area contributed by atoms with Crippen molar-refractivity contribution < 1.29 is 0 Å². The van der Waals surface area contributed by atoms with Crippen molar-refractivity contribution in [3.05, 3.63) is 71.4 Å². The molecule has 2 N–H and O–H groups in total. The van der Waals surface area contributed by atoms with Crippen molar-refractivity contribution in [2.75, 3.05) is 32.1 Å². The molecule has 4 rings (SSSR count). The summed E-state index contributed by atoms with van der Waals surface area (Å²) in [5.41, 5.74) is 3.47. The highest BCUT2D eigenvalue weighted by Crippen LogP contribution is 2.30. The first kappa shape index (κ1) is 22.4. The molecule has 0 atom stereocenters. The SMILES string of the molecule is CN/C(=C\C=N)c1nnc(N2CCC(N(C)Cc3ccc(C#N)cc3)CC2)c2ccccc12. The second kappa shape index (κ2) is 10.2. The van der Waals surface area contributed by atoms with Gasteiger partial charge in [0.05, 0.1) is 17.3 Å². The van der Waals surface area contributed by atoms with E-state index in [0.29, 0.717) is 11.6 Å². The molecule has 1 aliphatic rings. The third-order valence-corrected chi connectivity index (χ3v) is 6.34. The molecule has 33 heavy (non-hydrogen) atoms. The first-order chi connectivity index (χ1) is 16.1. The largest absolute Gasteiger partial charge is 0.386 e. The topological polar surface area (TPSA) is 91.9 Å². The molecule has 0 bridgehead atoms. The summed E-state index contributed by atoms with van der Waals surface area (Å²) in [5.74, 6) is 0.924. The van der Waals surface area contributed by atoms with Crippen LogP contribution in [0.25, 0.3) is 16.5 Å². The summed E-state index contributed by atoms with van der Waals surface area (Å²) in [6, 6.07) is 18.7. The monoisotopic (exact) mass is 439 g/mol. The molecule has 1 fully saturated rings. The summed E-state index contributed by atoms with van der Waals surface area (Å²) in [6.45, 7) is 2.73. The van der Waals surface area contributed by atoms with E-state index in [1.807, 2.05) is 43.4 Å². The highest BCUT2D eigenvalue weighted by atomic mass is 15.3. The lowest BCUT2D eigenvalue weighted by Crippen LogP contribution is -2.43. The Labute approximate surface area is 194 Å². The van der Waals surface area contributed by atoms with Crippen molar-refractivity contribution in [3.63, 3.8) is 0 Å². The zero-order valence-electron chi connectivity index (χ0n) is 19.1. The summed E-state index contributed by atoms with van der Waals surface area (Å²) >= 11 is 0. The van der Waals surface area contributed by atoms with Gasteiger partial charge in [-0.25, -0.2) is 0 Å². The zero-order chi connectivity index (χ0) is 23.2. The lowest BCUT2D eigenvalue weighted by atomic mass is 10.0. The van der Waals surface area contributed by atoms with E-state index >= 15 is 0 Å². The maximum Gasteiger partial charge on any atom is 0.159 e. The van der Waals surface area contributed by atoms with E-state index in [0.717, 1.165) is 60.5 Å². The third-order valence-electron chi connectivity index (χ3n) is 6.34. The first-order valence-electron chi connectivity index (χ1n) is 11.2.